The van der Waals surface area contributed by atoms with Crippen LogP contribution in [0.25, 0.3) is 0 Å². The van der Waals surface area contributed by atoms with E-state index in [0.717, 1.165) is 4.90 Å². The molecule has 0 spiro atoms. The summed E-state index contributed by atoms with van der Waals surface area (Å²) in [7, 11) is 0. The number of hydrogen-bond donors (Lipinski definition) is 0. The Hall–Kier alpha value is -1.44. The maximum atomic E-state index is 13.6. The van der Waals surface area contributed by atoms with Crippen LogP contribution in [0.2, 0.25) is 0 Å². The Balaban J connectivity index is 2.26. The van der Waals surface area contributed by atoms with E-state index in [2.05, 4.69) is 0 Å². The minimum atomic E-state index is -2.87. The third-order valence-electron chi connectivity index (χ3n) is 4.04. The van der Waals surface area contributed by atoms with Crippen LogP contribution in [-0.2, 0) is 9.53 Å². The first-order valence-corrected chi connectivity index (χ1v) is 7.18. The zero-order valence-corrected chi connectivity index (χ0v) is 13.2. The number of fused-ring (bicyclic) bond motifs is 1. The Morgan fingerprint density at radius 2 is 1.86 bits per heavy atom. The fourth-order valence-electron chi connectivity index (χ4n) is 2.99. The zero-order valence-electron chi connectivity index (χ0n) is 13.2. The summed E-state index contributed by atoms with van der Waals surface area (Å²) in [6, 6.07) is -0.574. The van der Waals surface area contributed by atoms with Crippen LogP contribution >= 0.6 is 0 Å². The average molecular weight is 319 g/mol. The molecule has 0 aromatic carbocycles. The summed E-state index contributed by atoms with van der Waals surface area (Å²) in [5, 5.41) is 11.5. The molecule has 2 heterocycles. The molecule has 0 aliphatic carbocycles. The Bertz CT molecular complexity index is 492. The van der Waals surface area contributed by atoms with Crippen molar-refractivity contribution in [2.75, 3.05) is 19.6 Å². The van der Waals surface area contributed by atoms with Crippen molar-refractivity contribution < 1.29 is 28.2 Å². The van der Waals surface area contributed by atoms with Gasteiger partial charge in [-0.05, 0) is 27.7 Å². The lowest BCUT2D eigenvalue weighted by atomic mass is 9.94. The van der Waals surface area contributed by atoms with Gasteiger partial charge in [-0.25, -0.2) is 13.6 Å². The summed E-state index contributed by atoms with van der Waals surface area (Å²) in [5.74, 6) is -4.35. The molecule has 0 bridgehead atoms. The molecule has 22 heavy (non-hydrogen) atoms. The van der Waals surface area contributed by atoms with Crippen molar-refractivity contribution in [1.29, 1.82) is 0 Å². The molecule has 2 aliphatic rings. The summed E-state index contributed by atoms with van der Waals surface area (Å²) in [6.07, 6.45) is -1.22. The van der Waals surface area contributed by atoms with Crippen LogP contribution < -0.4 is 5.11 Å². The van der Waals surface area contributed by atoms with Gasteiger partial charge in [0.15, 0.2) is 0 Å². The summed E-state index contributed by atoms with van der Waals surface area (Å²) in [5.41, 5.74) is -2.50. The highest BCUT2D eigenvalue weighted by Crippen LogP contribution is 2.38. The quantitative estimate of drug-likeness (QED) is 0.702. The maximum absolute atomic E-state index is 13.6. The van der Waals surface area contributed by atoms with Gasteiger partial charge in [-0.2, -0.15) is 0 Å². The highest BCUT2D eigenvalue weighted by atomic mass is 19.3. The van der Waals surface area contributed by atoms with Crippen LogP contribution in [0, 0.1) is 0 Å². The molecular formula is C14H21F2N2O4-. The van der Waals surface area contributed by atoms with Crippen LogP contribution in [0.15, 0.2) is 0 Å². The van der Waals surface area contributed by atoms with E-state index in [-0.39, 0.29) is 13.1 Å². The van der Waals surface area contributed by atoms with Crippen molar-refractivity contribution in [1.82, 2.24) is 9.80 Å². The van der Waals surface area contributed by atoms with E-state index in [9.17, 15) is 23.5 Å². The van der Waals surface area contributed by atoms with E-state index in [0.29, 0.717) is 0 Å². The molecule has 126 valence electrons. The molecule has 0 aromatic heterocycles. The van der Waals surface area contributed by atoms with Crippen LogP contribution in [0.5, 0.6) is 0 Å². The zero-order chi connectivity index (χ0) is 16.9. The molecule has 2 fully saturated rings. The number of rotatable bonds is 1. The summed E-state index contributed by atoms with van der Waals surface area (Å²) in [6.45, 7) is 5.45. The number of alkyl halides is 2. The fourth-order valence-corrected chi connectivity index (χ4v) is 2.99. The van der Waals surface area contributed by atoms with Crippen molar-refractivity contribution in [2.45, 2.75) is 57.2 Å². The lowest BCUT2D eigenvalue weighted by Gasteiger charge is -2.50. The minimum Gasteiger partial charge on any atom is -0.548 e. The minimum absolute atomic E-state index is 0.116. The van der Waals surface area contributed by atoms with Crippen molar-refractivity contribution in [3.05, 3.63) is 0 Å². The van der Waals surface area contributed by atoms with E-state index in [1.807, 2.05) is 0 Å². The fraction of sp³-hybridized carbons (Fsp3) is 0.857. The number of hydrogen-bond acceptors (Lipinski definition) is 5. The van der Waals surface area contributed by atoms with Gasteiger partial charge in [-0.15, -0.1) is 0 Å². The number of halogens is 2. The first-order chi connectivity index (χ1) is 9.84. The molecular weight excluding hydrogens is 298 g/mol. The van der Waals surface area contributed by atoms with Gasteiger partial charge in [-0.3, -0.25) is 9.80 Å². The average Bonchev–Trinajstić information content (AvgIpc) is 2.58. The van der Waals surface area contributed by atoms with E-state index in [1.54, 1.807) is 20.8 Å². The number of nitrogens with zero attached hydrogens (tertiary/aromatic N) is 2. The highest BCUT2D eigenvalue weighted by molar-refractivity contribution is 5.83. The van der Waals surface area contributed by atoms with Gasteiger partial charge in [0, 0.05) is 25.6 Å². The van der Waals surface area contributed by atoms with Gasteiger partial charge < -0.3 is 14.6 Å². The maximum Gasteiger partial charge on any atom is 0.411 e. The number of carboxylic acid groups (broad SMARTS) is 1. The van der Waals surface area contributed by atoms with Crippen LogP contribution in [0.3, 0.4) is 0 Å². The number of carbonyl (C=O) groups excluding carboxylic acids is 2. The van der Waals surface area contributed by atoms with Crippen molar-refractivity contribution in [2.24, 2.45) is 0 Å². The van der Waals surface area contributed by atoms with Gasteiger partial charge >= 0.3 is 6.09 Å². The van der Waals surface area contributed by atoms with Gasteiger partial charge in [0.1, 0.15) is 5.60 Å². The largest absolute Gasteiger partial charge is 0.548 e. The number of piperazine rings is 1. The monoisotopic (exact) mass is 319 g/mol. The van der Waals surface area contributed by atoms with Gasteiger partial charge in [-0.1, -0.05) is 0 Å². The Labute approximate surface area is 128 Å². The van der Waals surface area contributed by atoms with Crippen LogP contribution in [0.4, 0.5) is 13.6 Å². The van der Waals surface area contributed by atoms with E-state index >= 15 is 0 Å². The predicted molar refractivity (Wildman–Crippen MR) is 71.3 cm³/mol. The molecule has 1 amide bonds. The standard InChI is InChI=1S/C14H22F2N2O4/c1-12(2,3)22-11(21)18-6-9-5-14(15,16)8-17(9)7-13(18,4)10(19)20/h9H,5-8H2,1-4H3,(H,19,20)/p-1/t9-,13+/m1/s1. The molecule has 8 heteroatoms. The molecule has 2 aliphatic heterocycles. The highest BCUT2D eigenvalue weighted by Gasteiger charge is 2.54. The summed E-state index contributed by atoms with van der Waals surface area (Å²) in [4.78, 5) is 26.2. The molecule has 2 atom stereocenters. The molecule has 0 radical (unpaired) electrons. The second kappa shape index (κ2) is 5.04. The lowest BCUT2D eigenvalue weighted by molar-refractivity contribution is -0.320. The van der Waals surface area contributed by atoms with E-state index in [4.69, 9.17) is 4.74 Å². The Kier molecular flexibility index (Phi) is 3.88. The van der Waals surface area contributed by atoms with Crippen molar-refractivity contribution in [3.63, 3.8) is 0 Å². The molecule has 0 unspecified atom stereocenters. The summed E-state index contributed by atoms with van der Waals surface area (Å²) < 4.78 is 32.3. The second-order valence-electron chi connectivity index (χ2n) is 7.27. The number of ether oxygens (including phenoxy) is 1. The second-order valence-corrected chi connectivity index (χ2v) is 7.27. The molecule has 0 saturated carbocycles. The number of carbonyl (C=O) groups is 2. The number of aliphatic carboxylic acids is 1. The molecule has 0 N–H and O–H groups in total. The molecule has 0 aromatic rings. The number of amides is 1. The van der Waals surface area contributed by atoms with Gasteiger partial charge in [0.2, 0.25) is 0 Å². The molecule has 2 rings (SSSR count). The van der Waals surface area contributed by atoms with Crippen molar-refractivity contribution >= 4 is 12.1 Å². The third-order valence-corrected chi connectivity index (χ3v) is 4.04. The van der Waals surface area contributed by atoms with Crippen LogP contribution in [-0.4, -0.2) is 64.6 Å². The smallest absolute Gasteiger partial charge is 0.411 e. The first-order valence-electron chi connectivity index (χ1n) is 7.18. The third kappa shape index (κ3) is 3.16. The molecule has 2 saturated heterocycles. The van der Waals surface area contributed by atoms with E-state index in [1.165, 1.54) is 11.8 Å². The van der Waals surface area contributed by atoms with Gasteiger partial charge in [0.25, 0.3) is 5.92 Å². The van der Waals surface area contributed by atoms with E-state index < -0.39 is 48.1 Å². The van der Waals surface area contributed by atoms with Gasteiger partial charge in [0.05, 0.1) is 18.1 Å². The van der Waals surface area contributed by atoms with Crippen molar-refractivity contribution in [3.8, 4) is 0 Å². The Morgan fingerprint density at radius 3 is 2.36 bits per heavy atom. The SMILES string of the molecule is CC(C)(C)OC(=O)N1C[C@H]2CC(F)(F)CN2C[C@@]1(C)C(=O)[O-]. The predicted octanol–water partition coefficient (Wildman–Crippen LogP) is 0.455. The lowest BCUT2D eigenvalue weighted by Crippen LogP contribution is -2.71. The normalized spacial score (nSPS) is 31.7. The number of carboxylic acids is 1. The summed E-state index contributed by atoms with van der Waals surface area (Å²) >= 11 is 0. The molecule has 6 nitrogen and oxygen atoms in total. The Morgan fingerprint density at radius 1 is 1.27 bits per heavy atom. The van der Waals surface area contributed by atoms with Crippen LogP contribution in [0.1, 0.15) is 34.1 Å². The first kappa shape index (κ1) is 16.9. The topological polar surface area (TPSA) is 72.9 Å².